The second-order valence-corrected chi connectivity index (χ2v) is 11.5. The molecule has 0 aliphatic carbocycles. The molecule has 8 nitrogen and oxygen atoms in total. The third kappa shape index (κ3) is 6.57. The van der Waals surface area contributed by atoms with Crippen LogP contribution in [0, 0.1) is 5.92 Å². The standard InChI is InChI=1S/C34H34N2O6S/c1-21(2)19-42-33(38)30-22(3)35-34-36(32(37)29(43-34)18-24-11-16-27(39-4)28(17-24)40-5)31(30)25-12-14-26(15-13-25)41-20-23-9-7-6-8-10-23/h6-18,21,31H,19-20H2,1-5H3/b29-18-. The summed E-state index contributed by atoms with van der Waals surface area (Å²) in [5, 5.41) is 0. The van der Waals surface area contributed by atoms with Gasteiger partial charge in [-0.05, 0) is 59.9 Å². The van der Waals surface area contributed by atoms with Crippen molar-refractivity contribution < 1.29 is 23.7 Å². The largest absolute Gasteiger partial charge is 0.493 e. The number of hydrogen-bond donors (Lipinski definition) is 0. The molecule has 3 aromatic carbocycles. The number of fused-ring (bicyclic) bond motifs is 1. The van der Waals surface area contributed by atoms with E-state index >= 15 is 0 Å². The van der Waals surface area contributed by atoms with Crippen LogP contribution in [0.5, 0.6) is 17.2 Å². The molecule has 4 aromatic rings. The molecule has 1 atom stereocenters. The van der Waals surface area contributed by atoms with Crippen LogP contribution in [0.15, 0.2) is 93.9 Å². The molecule has 0 saturated carbocycles. The fourth-order valence-electron chi connectivity index (χ4n) is 4.80. The van der Waals surface area contributed by atoms with Crippen LogP contribution < -0.4 is 29.1 Å². The number of ether oxygens (including phenoxy) is 4. The van der Waals surface area contributed by atoms with Gasteiger partial charge in [0.15, 0.2) is 16.3 Å². The molecule has 1 unspecified atom stereocenters. The summed E-state index contributed by atoms with van der Waals surface area (Å²) >= 11 is 1.27. The van der Waals surface area contributed by atoms with Gasteiger partial charge in [-0.3, -0.25) is 9.36 Å². The number of aromatic nitrogens is 1. The Labute approximate surface area is 254 Å². The van der Waals surface area contributed by atoms with Gasteiger partial charge in [0, 0.05) is 0 Å². The highest BCUT2D eigenvalue weighted by Gasteiger charge is 2.33. The summed E-state index contributed by atoms with van der Waals surface area (Å²) in [6.07, 6.45) is 1.79. The van der Waals surface area contributed by atoms with Gasteiger partial charge in [-0.2, -0.15) is 0 Å². The average molecular weight is 599 g/mol. The SMILES string of the molecule is COc1ccc(/C=c2\sc3n(c2=O)C(c2ccc(OCc4ccccc4)cc2)C(C(=O)OCC(C)C)=C(C)N=3)cc1OC. The Balaban J connectivity index is 1.56. The quantitative estimate of drug-likeness (QED) is 0.238. The van der Waals surface area contributed by atoms with Crippen LogP contribution in [0.4, 0.5) is 0 Å². The molecule has 1 aliphatic rings. The van der Waals surface area contributed by atoms with Crippen molar-refractivity contribution in [1.82, 2.24) is 4.57 Å². The maximum absolute atomic E-state index is 14.0. The normalized spacial score (nSPS) is 14.7. The number of benzene rings is 3. The van der Waals surface area contributed by atoms with E-state index in [2.05, 4.69) is 4.99 Å². The lowest BCUT2D eigenvalue weighted by molar-refractivity contribution is -0.140. The van der Waals surface area contributed by atoms with Crippen molar-refractivity contribution in [3.8, 4) is 17.2 Å². The Morgan fingerprint density at radius 3 is 2.40 bits per heavy atom. The fraction of sp³-hybridized carbons (Fsp3) is 0.265. The summed E-state index contributed by atoms with van der Waals surface area (Å²) in [4.78, 5) is 32.6. The highest BCUT2D eigenvalue weighted by molar-refractivity contribution is 7.07. The predicted octanol–water partition coefficient (Wildman–Crippen LogP) is 5.03. The number of hydrogen-bond acceptors (Lipinski definition) is 8. The van der Waals surface area contributed by atoms with Crippen molar-refractivity contribution in [3.05, 3.63) is 120 Å². The van der Waals surface area contributed by atoms with Crippen molar-refractivity contribution in [2.75, 3.05) is 20.8 Å². The molecule has 9 heteroatoms. The zero-order valence-corrected chi connectivity index (χ0v) is 25.6. The van der Waals surface area contributed by atoms with Gasteiger partial charge in [0.05, 0.1) is 42.7 Å². The van der Waals surface area contributed by atoms with E-state index in [1.54, 1.807) is 37.9 Å². The Morgan fingerprint density at radius 2 is 1.72 bits per heavy atom. The van der Waals surface area contributed by atoms with Crippen molar-refractivity contribution in [2.45, 2.75) is 33.4 Å². The zero-order valence-electron chi connectivity index (χ0n) is 24.8. The molecule has 0 N–H and O–H groups in total. The second-order valence-electron chi connectivity index (χ2n) is 10.5. The number of thiazole rings is 1. The molecule has 0 spiro atoms. The number of carbonyl (C=O) groups excluding carboxylic acids is 1. The van der Waals surface area contributed by atoms with Gasteiger partial charge in [-0.1, -0.05) is 73.7 Å². The molecular weight excluding hydrogens is 564 g/mol. The Kier molecular flexibility index (Phi) is 9.11. The van der Waals surface area contributed by atoms with Crippen molar-refractivity contribution >= 4 is 23.4 Å². The minimum Gasteiger partial charge on any atom is -0.493 e. The molecule has 1 aliphatic heterocycles. The van der Waals surface area contributed by atoms with Gasteiger partial charge in [-0.15, -0.1) is 0 Å². The number of carbonyl (C=O) groups is 1. The van der Waals surface area contributed by atoms with Gasteiger partial charge in [-0.25, -0.2) is 9.79 Å². The van der Waals surface area contributed by atoms with Gasteiger partial charge >= 0.3 is 5.97 Å². The molecule has 2 heterocycles. The van der Waals surface area contributed by atoms with Crippen LogP contribution in [-0.2, 0) is 16.1 Å². The molecule has 0 radical (unpaired) electrons. The van der Waals surface area contributed by atoms with Crippen LogP contribution >= 0.6 is 11.3 Å². The van der Waals surface area contributed by atoms with E-state index in [4.69, 9.17) is 18.9 Å². The maximum Gasteiger partial charge on any atom is 0.338 e. The maximum atomic E-state index is 14.0. The Bertz CT molecular complexity index is 1820. The number of esters is 1. The summed E-state index contributed by atoms with van der Waals surface area (Å²) in [5.74, 6) is 1.50. The van der Waals surface area contributed by atoms with Crippen LogP contribution in [0.25, 0.3) is 6.08 Å². The van der Waals surface area contributed by atoms with E-state index in [-0.39, 0.29) is 18.1 Å². The summed E-state index contributed by atoms with van der Waals surface area (Å²) < 4.78 is 24.5. The molecule has 0 fully saturated rings. The van der Waals surface area contributed by atoms with E-state index in [0.717, 1.165) is 16.7 Å². The van der Waals surface area contributed by atoms with Crippen LogP contribution in [0.2, 0.25) is 0 Å². The van der Waals surface area contributed by atoms with Crippen LogP contribution in [-0.4, -0.2) is 31.4 Å². The van der Waals surface area contributed by atoms with Crippen LogP contribution in [0.1, 0.15) is 43.5 Å². The number of nitrogens with zero attached hydrogens (tertiary/aromatic N) is 2. The first-order chi connectivity index (χ1) is 20.8. The number of allylic oxidation sites excluding steroid dienone is 1. The van der Waals surface area contributed by atoms with Gasteiger partial charge in [0.25, 0.3) is 5.56 Å². The number of rotatable bonds is 10. The first-order valence-electron chi connectivity index (χ1n) is 14.0. The van der Waals surface area contributed by atoms with E-state index in [1.807, 2.05) is 80.6 Å². The highest BCUT2D eigenvalue weighted by atomic mass is 32.1. The molecule has 5 rings (SSSR count). The minimum atomic E-state index is -0.716. The molecule has 0 bridgehead atoms. The van der Waals surface area contributed by atoms with E-state index in [9.17, 15) is 9.59 Å². The van der Waals surface area contributed by atoms with Gasteiger partial charge in [0.2, 0.25) is 0 Å². The van der Waals surface area contributed by atoms with E-state index in [1.165, 1.54) is 11.3 Å². The lowest BCUT2D eigenvalue weighted by Gasteiger charge is -2.25. The molecular formula is C34H34N2O6S. The molecule has 1 aromatic heterocycles. The molecule has 0 amide bonds. The summed E-state index contributed by atoms with van der Waals surface area (Å²) in [6.45, 7) is 6.42. The monoisotopic (exact) mass is 598 g/mol. The molecule has 43 heavy (non-hydrogen) atoms. The predicted molar refractivity (Wildman–Crippen MR) is 166 cm³/mol. The summed E-state index contributed by atoms with van der Waals surface area (Å²) in [5.41, 5.74) is 3.17. The van der Waals surface area contributed by atoms with Crippen LogP contribution in [0.3, 0.4) is 0 Å². The van der Waals surface area contributed by atoms with E-state index < -0.39 is 12.0 Å². The first-order valence-corrected chi connectivity index (χ1v) is 14.8. The second kappa shape index (κ2) is 13.1. The first kappa shape index (κ1) is 29.8. The van der Waals surface area contributed by atoms with Gasteiger partial charge in [0.1, 0.15) is 12.4 Å². The van der Waals surface area contributed by atoms with Crippen molar-refractivity contribution in [1.29, 1.82) is 0 Å². The Morgan fingerprint density at radius 1 is 1.00 bits per heavy atom. The van der Waals surface area contributed by atoms with Crippen molar-refractivity contribution in [2.24, 2.45) is 10.9 Å². The average Bonchev–Trinajstić information content (AvgIpc) is 3.32. The minimum absolute atomic E-state index is 0.159. The Hall–Kier alpha value is -4.63. The summed E-state index contributed by atoms with van der Waals surface area (Å²) in [7, 11) is 3.14. The zero-order chi connectivity index (χ0) is 30.5. The molecule has 0 saturated heterocycles. The van der Waals surface area contributed by atoms with E-state index in [0.29, 0.717) is 44.5 Å². The third-order valence-electron chi connectivity index (χ3n) is 6.94. The fourth-order valence-corrected chi connectivity index (χ4v) is 5.85. The van der Waals surface area contributed by atoms with Gasteiger partial charge < -0.3 is 18.9 Å². The number of methoxy groups -OCH3 is 2. The highest BCUT2D eigenvalue weighted by Crippen LogP contribution is 2.32. The lowest BCUT2D eigenvalue weighted by atomic mass is 9.96. The smallest absolute Gasteiger partial charge is 0.338 e. The topological polar surface area (TPSA) is 88.4 Å². The third-order valence-corrected chi connectivity index (χ3v) is 7.92. The lowest BCUT2D eigenvalue weighted by Crippen LogP contribution is -2.40. The summed E-state index contributed by atoms with van der Waals surface area (Å²) in [6, 6.07) is 22.1. The molecule has 222 valence electrons. The van der Waals surface area contributed by atoms with Crippen molar-refractivity contribution in [3.63, 3.8) is 0 Å².